The number of anilines is 1. The number of nitrogens with zero attached hydrogens (tertiary/aromatic N) is 4. The van der Waals surface area contributed by atoms with Crippen molar-refractivity contribution in [1.82, 2.24) is 20.1 Å². The van der Waals surface area contributed by atoms with E-state index in [1.807, 2.05) is 12.1 Å². The Balaban J connectivity index is 1.60. The highest BCUT2D eigenvalue weighted by molar-refractivity contribution is 6.39. The van der Waals surface area contributed by atoms with E-state index in [1.165, 1.54) is 24.3 Å². The smallest absolute Gasteiger partial charge is 0.313 e. The summed E-state index contributed by atoms with van der Waals surface area (Å²) in [4.78, 5) is 43.4. The van der Waals surface area contributed by atoms with Crippen LogP contribution in [0.15, 0.2) is 48.8 Å². The second-order valence-electron chi connectivity index (χ2n) is 7.11. The Morgan fingerprint density at radius 2 is 1.83 bits per heavy atom. The highest BCUT2D eigenvalue weighted by Gasteiger charge is 2.25. The summed E-state index contributed by atoms with van der Waals surface area (Å²) >= 11 is 0. The van der Waals surface area contributed by atoms with E-state index < -0.39 is 16.7 Å². The summed E-state index contributed by atoms with van der Waals surface area (Å²) in [6, 6.07) is 9.00. The van der Waals surface area contributed by atoms with Crippen LogP contribution in [0.4, 0.5) is 11.4 Å². The Hall–Kier alpha value is -3.37. The van der Waals surface area contributed by atoms with Gasteiger partial charge in [-0.15, -0.1) is 0 Å². The number of nitro benzene ring substituents is 1. The molecule has 10 nitrogen and oxygen atoms in total. The van der Waals surface area contributed by atoms with E-state index in [2.05, 4.69) is 32.5 Å². The van der Waals surface area contributed by atoms with E-state index in [0.717, 1.165) is 31.7 Å². The topological polar surface area (TPSA) is 121 Å². The molecule has 1 aliphatic heterocycles. The molecule has 0 bridgehead atoms. The van der Waals surface area contributed by atoms with Crippen molar-refractivity contribution in [2.75, 3.05) is 45.1 Å². The fourth-order valence-corrected chi connectivity index (χ4v) is 3.29. The largest absolute Gasteiger partial charge is 0.346 e. The number of hydrogen-bond donors (Lipinski definition) is 2. The zero-order chi connectivity index (χ0) is 21.5. The second-order valence-corrected chi connectivity index (χ2v) is 7.11. The summed E-state index contributed by atoms with van der Waals surface area (Å²) < 4.78 is 0. The molecular weight excluding hydrogens is 388 g/mol. The number of amides is 2. The molecule has 1 atom stereocenters. The van der Waals surface area contributed by atoms with Gasteiger partial charge >= 0.3 is 11.8 Å². The highest BCUT2D eigenvalue weighted by atomic mass is 16.6. The van der Waals surface area contributed by atoms with Gasteiger partial charge < -0.3 is 15.5 Å². The van der Waals surface area contributed by atoms with E-state index in [0.29, 0.717) is 5.69 Å². The fourth-order valence-electron chi connectivity index (χ4n) is 3.29. The summed E-state index contributed by atoms with van der Waals surface area (Å²) in [7, 11) is 2.07. The zero-order valence-corrected chi connectivity index (χ0v) is 16.7. The van der Waals surface area contributed by atoms with Crippen molar-refractivity contribution in [3.63, 3.8) is 0 Å². The van der Waals surface area contributed by atoms with Gasteiger partial charge in [0.15, 0.2) is 0 Å². The molecule has 158 valence electrons. The molecule has 1 fully saturated rings. The molecule has 0 aliphatic carbocycles. The number of rotatable bonds is 6. The monoisotopic (exact) mass is 412 g/mol. The van der Waals surface area contributed by atoms with Crippen LogP contribution in [-0.4, -0.2) is 71.3 Å². The van der Waals surface area contributed by atoms with E-state index >= 15 is 0 Å². The number of nitro groups is 1. The van der Waals surface area contributed by atoms with Crippen molar-refractivity contribution in [3.8, 4) is 0 Å². The molecule has 2 aromatic rings. The van der Waals surface area contributed by atoms with Crippen LogP contribution in [-0.2, 0) is 9.59 Å². The average molecular weight is 412 g/mol. The van der Waals surface area contributed by atoms with Crippen LogP contribution in [0.3, 0.4) is 0 Å². The summed E-state index contributed by atoms with van der Waals surface area (Å²) in [5, 5.41) is 15.8. The normalized spacial score (nSPS) is 15.9. The van der Waals surface area contributed by atoms with Gasteiger partial charge in [-0.05, 0) is 30.8 Å². The molecule has 1 aromatic heterocycles. The lowest BCUT2D eigenvalue weighted by Crippen LogP contribution is -2.49. The third-order valence-corrected chi connectivity index (χ3v) is 5.05. The molecule has 2 N–H and O–H groups in total. The number of carbonyl (C=O) groups excluding carboxylic acids is 2. The third kappa shape index (κ3) is 5.58. The number of aromatic nitrogens is 1. The van der Waals surface area contributed by atoms with Gasteiger partial charge in [-0.3, -0.25) is 29.6 Å². The lowest BCUT2D eigenvalue weighted by molar-refractivity contribution is -0.384. The zero-order valence-electron chi connectivity index (χ0n) is 16.7. The van der Waals surface area contributed by atoms with Gasteiger partial charge in [-0.25, -0.2) is 0 Å². The van der Waals surface area contributed by atoms with Gasteiger partial charge in [0.25, 0.3) is 5.69 Å². The first-order valence-corrected chi connectivity index (χ1v) is 9.60. The number of non-ortho nitro benzene ring substituents is 1. The molecule has 1 saturated heterocycles. The standard InChI is InChI=1S/C20H24N6O4/c1-24-9-11-25(12-10-24)18(15-3-2-8-21-13-15)14-22-19(27)20(28)23-16-4-6-17(7-5-16)26(29)30/h2-8,13,18H,9-12,14H2,1H3,(H,22,27)(H,23,28)/t18-/m0/s1. The van der Waals surface area contributed by atoms with E-state index in [4.69, 9.17) is 0 Å². The first-order chi connectivity index (χ1) is 14.4. The Kier molecular flexibility index (Phi) is 7.04. The number of piperazine rings is 1. The molecule has 0 unspecified atom stereocenters. The summed E-state index contributed by atoms with van der Waals surface area (Å²) in [5.74, 6) is -1.59. The molecule has 0 spiro atoms. The number of pyridine rings is 1. The number of benzene rings is 1. The molecular formula is C20H24N6O4. The van der Waals surface area contributed by atoms with Crippen LogP contribution in [0.2, 0.25) is 0 Å². The van der Waals surface area contributed by atoms with Crippen molar-refractivity contribution in [1.29, 1.82) is 0 Å². The Morgan fingerprint density at radius 3 is 2.43 bits per heavy atom. The van der Waals surface area contributed by atoms with Gasteiger partial charge in [-0.1, -0.05) is 6.07 Å². The van der Waals surface area contributed by atoms with Gasteiger partial charge in [0.05, 0.1) is 11.0 Å². The number of hydrogen-bond acceptors (Lipinski definition) is 7. The molecule has 0 radical (unpaired) electrons. The maximum absolute atomic E-state index is 12.3. The van der Waals surface area contributed by atoms with Crippen LogP contribution in [0.25, 0.3) is 0 Å². The number of nitrogens with one attached hydrogen (secondary N) is 2. The SMILES string of the molecule is CN1CCN([C@@H](CNC(=O)C(=O)Nc2ccc([N+](=O)[O-])cc2)c2cccnc2)CC1. The van der Waals surface area contributed by atoms with E-state index in [9.17, 15) is 19.7 Å². The lowest BCUT2D eigenvalue weighted by atomic mass is 10.1. The minimum absolute atomic E-state index is 0.0936. The molecule has 2 amide bonds. The van der Waals surface area contributed by atoms with Crippen LogP contribution in [0.5, 0.6) is 0 Å². The summed E-state index contributed by atoms with van der Waals surface area (Å²) in [5.41, 5.74) is 1.19. The Labute approximate surface area is 174 Å². The quantitative estimate of drug-likeness (QED) is 0.413. The van der Waals surface area contributed by atoms with Crippen LogP contribution in [0.1, 0.15) is 11.6 Å². The summed E-state index contributed by atoms with van der Waals surface area (Å²) in [6.07, 6.45) is 3.47. The minimum atomic E-state index is -0.827. The van der Waals surface area contributed by atoms with Crippen molar-refractivity contribution >= 4 is 23.2 Å². The molecule has 10 heteroatoms. The summed E-state index contributed by atoms with van der Waals surface area (Å²) in [6.45, 7) is 3.81. The van der Waals surface area contributed by atoms with Crippen LogP contribution < -0.4 is 10.6 Å². The number of likely N-dealkylation sites (N-methyl/N-ethyl adjacent to an activating group) is 1. The molecule has 0 saturated carbocycles. The maximum atomic E-state index is 12.3. The lowest BCUT2D eigenvalue weighted by Gasteiger charge is -2.38. The van der Waals surface area contributed by atoms with Crippen molar-refractivity contribution in [2.24, 2.45) is 0 Å². The molecule has 30 heavy (non-hydrogen) atoms. The predicted octanol–water partition coefficient (Wildman–Crippen LogP) is 1.03. The van der Waals surface area contributed by atoms with Gasteiger partial charge in [-0.2, -0.15) is 0 Å². The first kappa shape index (κ1) is 21.3. The highest BCUT2D eigenvalue weighted by Crippen LogP contribution is 2.21. The first-order valence-electron chi connectivity index (χ1n) is 9.60. The molecule has 1 aliphatic rings. The molecule has 3 rings (SSSR count). The van der Waals surface area contributed by atoms with Crippen LogP contribution in [0, 0.1) is 10.1 Å². The number of carbonyl (C=O) groups is 2. The average Bonchev–Trinajstić information content (AvgIpc) is 2.76. The Bertz CT molecular complexity index is 882. The van der Waals surface area contributed by atoms with Gasteiger partial charge in [0, 0.05) is 62.9 Å². The van der Waals surface area contributed by atoms with Crippen LogP contribution >= 0.6 is 0 Å². The van der Waals surface area contributed by atoms with E-state index in [-0.39, 0.29) is 18.3 Å². The second kappa shape index (κ2) is 9.90. The van der Waals surface area contributed by atoms with Gasteiger partial charge in [0.1, 0.15) is 0 Å². The van der Waals surface area contributed by atoms with Crippen molar-refractivity contribution in [3.05, 3.63) is 64.5 Å². The van der Waals surface area contributed by atoms with E-state index in [1.54, 1.807) is 12.4 Å². The van der Waals surface area contributed by atoms with Gasteiger partial charge in [0.2, 0.25) is 0 Å². The van der Waals surface area contributed by atoms with Crippen molar-refractivity contribution < 1.29 is 14.5 Å². The minimum Gasteiger partial charge on any atom is -0.346 e. The van der Waals surface area contributed by atoms with Crippen molar-refractivity contribution in [2.45, 2.75) is 6.04 Å². The molecule has 2 heterocycles. The third-order valence-electron chi connectivity index (χ3n) is 5.05. The fraction of sp³-hybridized carbons (Fsp3) is 0.350. The maximum Gasteiger partial charge on any atom is 0.313 e. The predicted molar refractivity (Wildman–Crippen MR) is 111 cm³/mol. The molecule has 1 aromatic carbocycles. The Morgan fingerprint density at radius 1 is 1.13 bits per heavy atom.